The van der Waals surface area contributed by atoms with E-state index in [1.807, 2.05) is 0 Å². The van der Waals surface area contributed by atoms with Crippen LogP contribution in [0.1, 0.15) is 0 Å². The lowest BCUT2D eigenvalue weighted by Gasteiger charge is -2.04. The molecule has 86 valence electrons. The molecule has 0 aromatic carbocycles. The predicted octanol–water partition coefficient (Wildman–Crippen LogP) is 2.23. The Hall–Kier alpha value is -2.28. The molecule has 0 N–H and O–H groups in total. The summed E-state index contributed by atoms with van der Waals surface area (Å²) in [6.45, 7) is 0. The van der Waals surface area contributed by atoms with E-state index in [4.69, 9.17) is 16.3 Å². The van der Waals surface area contributed by atoms with Crippen LogP contribution in [0.25, 0.3) is 0 Å². The molecule has 7 nitrogen and oxygen atoms in total. The largest absolute Gasteiger partial charge is 0.432 e. The van der Waals surface area contributed by atoms with Gasteiger partial charge in [-0.1, -0.05) is 11.6 Å². The number of aromatic nitrogens is 3. The zero-order valence-electron chi connectivity index (χ0n) is 8.28. The van der Waals surface area contributed by atoms with Gasteiger partial charge in [-0.25, -0.2) is 4.98 Å². The Bertz CT molecular complexity index is 549. The molecule has 0 fully saturated rings. The van der Waals surface area contributed by atoms with E-state index < -0.39 is 10.6 Å². The molecule has 0 aliphatic rings. The van der Waals surface area contributed by atoms with Gasteiger partial charge in [-0.05, 0) is 12.1 Å². The van der Waals surface area contributed by atoms with Crippen molar-refractivity contribution in [1.82, 2.24) is 15.0 Å². The summed E-state index contributed by atoms with van der Waals surface area (Å²) >= 11 is 5.60. The maximum Gasteiger partial charge on any atom is 0.368 e. The highest BCUT2D eigenvalue weighted by molar-refractivity contribution is 6.31. The van der Waals surface area contributed by atoms with Gasteiger partial charge in [-0.3, -0.25) is 15.1 Å². The molecule has 2 aromatic rings. The van der Waals surface area contributed by atoms with Gasteiger partial charge in [0.05, 0.1) is 11.1 Å². The predicted molar refractivity (Wildman–Crippen MR) is 58.0 cm³/mol. The SMILES string of the molecule is O=[N+]([O-])c1c(Cl)ncnc1Oc1cccnc1. The molecule has 2 heterocycles. The summed E-state index contributed by atoms with van der Waals surface area (Å²) in [4.78, 5) is 21.1. The Morgan fingerprint density at radius 3 is 2.88 bits per heavy atom. The summed E-state index contributed by atoms with van der Waals surface area (Å²) in [5.41, 5.74) is -0.474. The fourth-order valence-electron chi connectivity index (χ4n) is 1.09. The van der Waals surface area contributed by atoms with E-state index in [1.165, 1.54) is 6.20 Å². The number of halogens is 1. The Morgan fingerprint density at radius 1 is 1.41 bits per heavy atom. The van der Waals surface area contributed by atoms with Gasteiger partial charge in [0, 0.05) is 6.20 Å². The van der Waals surface area contributed by atoms with Crippen molar-refractivity contribution in [3.05, 3.63) is 46.1 Å². The number of hydrogen-bond donors (Lipinski definition) is 0. The number of nitrogens with zero attached hydrogens (tertiary/aromatic N) is 4. The van der Waals surface area contributed by atoms with Crippen LogP contribution in [0.3, 0.4) is 0 Å². The number of nitro groups is 1. The van der Waals surface area contributed by atoms with Crippen molar-refractivity contribution in [2.24, 2.45) is 0 Å². The lowest BCUT2D eigenvalue weighted by atomic mass is 10.4. The highest BCUT2D eigenvalue weighted by Gasteiger charge is 2.23. The minimum Gasteiger partial charge on any atom is -0.432 e. The first-order valence-corrected chi connectivity index (χ1v) is 4.79. The minimum atomic E-state index is -0.700. The second kappa shape index (κ2) is 4.71. The van der Waals surface area contributed by atoms with E-state index in [-0.39, 0.29) is 11.0 Å². The average molecular weight is 253 g/mol. The molecule has 17 heavy (non-hydrogen) atoms. The van der Waals surface area contributed by atoms with Crippen LogP contribution < -0.4 is 4.74 Å². The summed E-state index contributed by atoms with van der Waals surface area (Å²) in [6.07, 6.45) is 4.04. The summed E-state index contributed by atoms with van der Waals surface area (Å²) in [6, 6.07) is 3.22. The van der Waals surface area contributed by atoms with E-state index in [0.29, 0.717) is 5.75 Å². The van der Waals surface area contributed by atoms with Crippen molar-refractivity contribution in [2.75, 3.05) is 0 Å². The smallest absolute Gasteiger partial charge is 0.368 e. The molecule has 0 radical (unpaired) electrons. The van der Waals surface area contributed by atoms with Crippen LogP contribution in [-0.2, 0) is 0 Å². The molecule has 0 bridgehead atoms. The quantitative estimate of drug-likeness (QED) is 0.472. The van der Waals surface area contributed by atoms with Gasteiger partial charge in [-0.15, -0.1) is 0 Å². The lowest BCUT2D eigenvalue weighted by molar-refractivity contribution is -0.386. The van der Waals surface area contributed by atoms with Crippen LogP contribution in [0.2, 0.25) is 5.15 Å². The molecule has 2 rings (SSSR count). The molecular weight excluding hydrogens is 248 g/mol. The van der Waals surface area contributed by atoms with Gasteiger partial charge in [-0.2, -0.15) is 4.98 Å². The molecule has 0 aliphatic carbocycles. The third kappa shape index (κ3) is 2.45. The van der Waals surface area contributed by atoms with Crippen LogP contribution >= 0.6 is 11.6 Å². The third-order valence-corrected chi connectivity index (χ3v) is 2.05. The van der Waals surface area contributed by atoms with Crippen molar-refractivity contribution >= 4 is 17.3 Å². The van der Waals surface area contributed by atoms with Crippen LogP contribution in [-0.4, -0.2) is 19.9 Å². The Labute approximate surface area is 100 Å². The van der Waals surface area contributed by atoms with Crippen molar-refractivity contribution < 1.29 is 9.66 Å². The second-order valence-corrected chi connectivity index (χ2v) is 3.22. The van der Waals surface area contributed by atoms with Gasteiger partial charge in [0.1, 0.15) is 12.1 Å². The number of ether oxygens (including phenoxy) is 1. The van der Waals surface area contributed by atoms with Crippen molar-refractivity contribution in [2.45, 2.75) is 0 Å². The van der Waals surface area contributed by atoms with Crippen LogP contribution in [0, 0.1) is 10.1 Å². The zero-order chi connectivity index (χ0) is 12.3. The maximum atomic E-state index is 10.8. The number of pyridine rings is 1. The van der Waals surface area contributed by atoms with Crippen LogP contribution in [0.5, 0.6) is 11.6 Å². The summed E-state index contributed by atoms with van der Waals surface area (Å²) in [5, 5.41) is 10.5. The average Bonchev–Trinajstić information content (AvgIpc) is 2.30. The van der Waals surface area contributed by atoms with E-state index in [2.05, 4.69) is 15.0 Å². The minimum absolute atomic E-state index is 0.219. The van der Waals surface area contributed by atoms with Gasteiger partial charge in [0.2, 0.25) is 5.15 Å². The molecule has 0 atom stereocenters. The van der Waals surface area contributed by atoms with Crippen LogP contribution in [0.4, 0.5) is 5.69 Å². The molecule has 2 aromatic heterocycles. The molecule has 0 amide bonds. The number of rotatable bonds is 3. The highest BCUT2D eigenvalue weighted by atomic mass is 35.5. The van der Waals surface area contributed by atoms with Gasteiger partial charge in [0.15, 0.2) is 0 Å². The molecule has 0 saturated heterocycles. The van der Waals surface area contributed by atoms with Crippen LogP contribution in [0.15, 0.2) is 30.9 Å². The van der Waals surface area contributed by atoms with Gasteiger partial charge in [0.25, 0.3) is 0 Å². The second-order valence-electron chi connectivity index (χ2n) is 2.87. The molecular formula is C9H5ClN4O3. The number of hydrogen-bond acceptors (Lipinski definition) is 6. The zero-order valence-corrected chi connectivity index (χ0v) is 9.03. The monoisotopic (exact) mass is 252 g/mol. The first-order valence-electron chi connectivity index (χ1n) is 4.41. The standard InChI is InChI=1S/C9H5ClN4O3/c10-8-7(14(15)16)9(13-5-12-8)17-6-2-1-3-11-4-6/h1-5H. The van der Waals surface area contributed by atoms with E-state index in [0.717, 1.165) is 6.33 Å². The molecule has 0 unspecified atom stereocenters. The molecule has 0 aliphatic heterocycles. The van der Waals surface area contributed by atoms with E-state index >= 15 is 0 Å². The summed E-state index contributed by atoms with van der Waals surface area (Å²) < 4.78 is 5.21. The van der Waals surface area contributed by atoms with Crippen molar-refractivity contribution in [3.8, 4) is 11.6 Å². The lowest BCUT2D eigenvalue weighted by Crippen LogP contribution is -1.98. The molecule has 0 saturated carbocycles. The molecule has 0 spiro atoms. The fourth-order valence-corrected chi connectivity index (χ4v) is 1.28. The van der Waals surface area contributed by atoms with Gasteiger partial charge < -0.3 is 4.74 Å². The third-order valence-electron chi connectivity index (χ3n) is 1.78. The summed E-state index contributed by atoms with van der Waals surface area (Å²) in [7, 11) is 0. The van der Waals surface area contributed by atoms with Crippen molar-refractivity contribution in [3.63, 3.8) is 0 Å². The molecule has 8 heteroatoms. The summed E-state index contributed by atoms with van der Waals surface area (Å²) in [5.74, 6) is 0.105. The normalized spacial score (nSPS) is 9.94. The highest BCUT2D eigenvalue weighted by Crippen LogP contribution is 2.32. The first kappa shape index (κ1) is 11.2. The Morgan fingerprint density at radius 2 is 2.24 bits per heavy atom. The maximum absolute atomic E-state index is 10.8. The first-order chi connectivity index (χ1) is 8.18. The van der Waals surface area contributed by atoms with E-state index in [9.17, 15) is 10.1 Å². The Balaban J connectivity index is 2.40. The van der Waals surface area contributed by atoms with Gasteiger partial charge >= 0.3 is 11.6 Å². The Kier molecular flexibility index (Phi) is 3.10. The fraction of sp³-hybridized carbons (Fsp3) is 0. The topological polar surface area (TPSA) is 91.0 Å². The van der Waals surface area contributed by atoms with E-state index in [1.54, 1.807) is 18.3 Å². The van der Waals surface area contributed by atoms with Crippen molar-refractivity contribution in [1.29, 1.82) is 0 Å².